The molecule has 0 aliphatic heterocycles. The Morgan fingerprint density at radius 2 is 1.79 bits per heavy atom. The second-order valence-corrected chi connectivity index (χ2v) is 5.64. The Kier molecular flexibility index (Phi) is 3.97. The van der Waals surface area contributed by atoms with E-state index in [0.29, 0.717) is 12.5 Å². The average Bonchev–Trinajstić information content (AvgIpc) is 2.02. The molecule has 1 fully saturated rings. The molecule has 0 unspecified atom stereocenters. The van der Waals surface area contributed by atoms with Gasteiger partial charge in [-0.25, -0.2) is 0 Å². The van der Waals surface area contributed by atoms with Crippen LogP contribution in [0.25, 0.3) is 0 Å². The average molecular weight is 197 g/mol. The number of carbonyl (C=O) groups is 1. The van der Waals surface area contributed by atoms with Gasteiger partial charge in [0.2, 0.25) is 5.91 Å². The molecule has 0 atom stereocenters. The number of amides is 1. The fourth-order valence-electron chi connectivity index (χ4n) is 2.01. The van der Waals surface area contributed by atoms with Crippen LogP contribution in [0.3, 0.4) is 0 Å². The van der Waals surface area contributed by atoms with Crippen LogP contribution in [-0.4, -0.2) is 11.9 Å². The van der Waals surface area contributed by atoms with Crippen LogP contribution in [0.4, 0.5) is 0 Å². The van der Waals surface area contributed by atoms with Gasteiger partial charge in [0.25, 0.3) is 0 Å². The lowest BCUT2D eigenvalue weighted by Gasteiger charge is -2.25. The van der Waals surface area contributed by atoms with Gasteiger partial charge in [0.15, 0.2) is 0 Å². The molecule has 0 aromatic carbocycles. The van der Waals surface area contributed by atoms with Gasteiger partial charge in [0.05, 0.1) is 0 Å². The minimum Gasteiger partial charge on any atom is -0.353 e. The summed E-state index contributed by atoms with van der Waals surface area (Å²) < 4.78 is 0. The largest absolute Gasteiger partial charge is 0.353 e. The first-order chi connectivity index (χ1) is 6.47. The van der Waals surface area contributed by atoms with Gasteiger partial charge in [-0.1, -0.05) is 40.0 Å². The number of rotatable bonds is 2. The van der Waals surface area contributed by atoms with E-state index in [2.05, 4.69) is 26.1 Å². The van der Waals surface area contributed by atoms with Crippen LogP contribution in [0.1, 0.15) is 59.3 Å². The standard InChI is InChI=1S/C12H23NO/c1-12(2,3)9-11(14)13-10-7-5-4-6-8-10/h10H,4-9H2,1-3H3,(H,13,14). The van der Waals surface area contributed by atoms with Crippen molar-refractivity contribution in [3.63, 3.8) is 0 Å². The number of hydrogen-bond donors (Lipinski definition) is 1. The summed E-state index contributed by atoms with van der Waals surface area (Å²) in [5.41, 5.74) is 0.110. The van der Waals surface area contributed by atoms with Crippen LogP contribution < -0.4 is 5.32 Å². The van der Waals surface area contributed by atoms with E-state index in [4.69, 9.17) is 0 Å². The molecule has 1 aliphatic carbocycles. The lowest BCUT2D eigenvalue weighted by Crippen LogP contribution is -2.37. The Morgan fingerprint density at radius 1 is 1.21 bits per heavy atom. The summed E-state index contributed by atoms with van der Waals surface area (Å²) >= 11 is 0. The summed E-state index contributed by atoms with van der Waals surface area (Å²) in [7, 11) is 0. The third-order valence-electron chi connectivity index (χ3n) is 2.66. The van der Waals surface area contributed by atoms with Crippen LogP contribution >= 0.6 is 0 Å². The van der Waals surface area contributed by atoms with Crippen molar-refractivity contribution in [1.82, 2.24) is 5.32 Å². The van der Waals surface area contributed by atoms with E-state index in [9.17, 15) is 4.79 Å². The van der Waals surface area contributed by atoms with Crippen molar-refractivity contribution in [3.8, 4) is 0 Å². The van der Waals surface area contributed by atoms with E-state index < -0.39 is 0 Å². The molecular weight excluding hydrogens is 174 g/mol. The van der Waals surface area contributed by atoms with Crippen LogP contribution in [0, 0.1) is 5.41 Å². The monoisotopic (exact) mass is 197 g/mol. The van der Waals surface area contributed by atoms with Crippen molar-refractivity contribution in [1.29, 1.82) is 0 Å². The van der Waals surface area contributed by atoms with Gasteiger partial charge in [-0.3, -0.25) is 4.79 Å². The highest BCUT2D eigenvalue weighted by molar-refractivity contribution is 5.76. The predicted molar refractivity (Wildman–Crippen MR) is 59.1 cm³/mol. The first-order valence-electron chi connectivity index (χ1n) is 5.77. The van der Waals surface area contributed by atoms with Gasteiger partial charge in [0, 0.05) is 12.5 Å². The van der Waals surface area contributed by atoms with Crippen molar-refractivity contribution in [2.24, 2.45) is 5.41 Å². The van der Waals surface area contributed by atoms with E-state index in [1.807, 2.05) is 0 Å². The van der Waals surface area contributed by atoms with Crippen molar-refractivity contribution in [2.75, 3.05) is 0 Å². The number of hydrogen-bond acceptors (Lipinski definition) is 1. The first kappa shape index (κ1) is 11.5. The second kappa shape index (κ2) is 4.81. The normalized spacial score (nSPS) is 19.4. The Hall–Kier alpha value is -0.530. The predicted octanol–water partition coefficient (Wildman–Crippen LogP) is 2.87. The molecule has 1 rings (SSSR count). The fourth-order valence-corrected chi connectivity index (χ4v) is 2.01. The van der Waals surface area contributed by atoms with Crippen molar-refractivity contribution in [2.45, 2.75) is 65.3 Å². The van der Waals surface area contributed by atoms with Crippen LogP contribution in [0.5, 0.6) is 0 Å². The zero-order chi connectivity index (χ0) is 10.6. The maximum absolute atomic E-state index is 11.6. The van der Waals surface area contributed by atoms with E-state index in [1.165, 1.54) is 32.1 Å². The Morgan fingerprint density at radius 3 is 2.29 bits per heavy atom. The molecule has 0 heterocycles. The summed E-state index contributed by atoms with van der Waals surface area (Å²) in [6, 6.07) is 0.457. The molecule has 1 aliphatic rings. The summed E-state index contributed by atoms with van der Waals surface area (Å²) in [6.45, 7) is 6.31. The number of nitrogens with one attached hydrogen (secondary N) is 1. The van der Waals surface area contributed by atoms with Gasteiger partial charge in [-0.2, -0.15) is 0 Å². The lowest BCUT2D eigenvalue weighted by molar-refractivity contribution is -0.123. The minimum atomic E-state index is 0.110. The Balaban J connectivity index is 2.25. The third kappa shape index (κ3) is 4.64. The number of carbonyl (C=O) groups excluding carboxylic acids is 1. The van der Waals surface area contributed by atoms with Gasteiger partial charge in [-0.15, -0.1) is 0 Å². The molecule has 0 aromatic rings. The smallest absolute Gasteiger partial charge is 0.220 e. The molecule has 1 N–H and O–H groups in total. The van der Waals surface area contributed by atoms with Crippen LogP contribution in [-0.2, 0) is 4.79 Å². The second-order valence-electron chi connectivity index (χ2n) is 5.64. The zero-order valence-electron chi connectivity index (χ0n) is 9.73. The maximum atomic E-state index is 11.6. The van der Waals surface area contributed by atoms with Crippen molar-refractivity contribution in [3.05, 3.63) is 0 Å². The molecule has 0 spiro atoms. The molecular formula is C12H23NO. The summed E-state index contributed by atoms with van der Waals surface area (Å²) in [4.78, 5) is 11.6. The molecule has 0 bridgehead atoms. The topological polar surface area (TPSA) is 29.1 Å². The van der Waals surface area contributed by atoms with E-state index in [1.54, 1.807) is 0 Å². The van der Waals surface area contributed by atoms with E-state index >= 15 is 0 Å². The molecule has 1 saturated carbocycles. The Labute approximate surface area is 87.5 Å². The molecule has 1 amide bonds. The lowest BCUT2D eigenvalue weighted by atomic mass is 9.90. The van der Waals surface area contributed by atoms with Gasteiger partial charge < -0.3 is 5.32 Å². The van der Waals surface area contributed by atoms with Gasteiger partial charge >= 0.3 is 0 Å². The Bertz CT molecular complexity index is 187. The van der Waals surface area contributed by atoms with Crippen LogP contribution in [0.15, 0.2) is 0 Å². The minimum absolute atomic E-state index is 0.110. The van der Waals surface area contributed by atoms with Crippen molar-refractivity contribution >= 4 is 5.91 Å². The molecule has 0 saturated heterocycles. The highest BCUT2D eigenvalue weighted by Crippen LogP contribution is 2.20. The quantitative estimate of drug-likeness (QED) is 0.724. The fraction of sp³-hybridized carbons (Fsp3) is 0.917. The molecule has 14 heavy (non-hydrogen) atoms. The maximum Gasteiger partial charge on any atom is 0.220 e. The zero-order valence-corrected chi connectivity index (χ0v) is 9.73. The van der Waals surface area contributed by atoms with Crippen LogP contribution in [0.2, 0.25) is 0 Å². The molecule has 82 valence electrons. The van der Waals surface area contributed by atoms with Crippen molar-refractivity contribution < 1.29 is 4.79 Å². The first-order valence-corrected chi connectivity index (χ1v) is 5.77. The highest BCUT2D eigenvalue weighted by Gasteiger charge is 2.19. The van der Waals surface area contributed by atoms with Gasteiger partial charge in [0.1, 0.15) is 0 Å². The summed E-state index contributed by atoms with van der Waals surface area (Å²) in [5, 5.41) is 3.14. The molecule has 0 aromatic heterocycles. The molecule has 2 nitrogen and oxygen atoms in total. The molecule has 2 heteroatoms. The highest BCUT2D eigenvalue weighted by atomic mass is 16.1. The van der Waals surface area contributed by atoms with E-state index in [0.717, 1.165) is 0 Å². The van der Waals surface area contributed by atoms with Gasteiger partial charge in [-0.05, 0) is 18.3 Å². The molecule has 0 radical (unpaired) electrons. The summed E-state index contributed by atoms with van der Waals surface area (Å²) in [5.74, 6) is 0.226. The van der Waals surface area contributed by atoms with E-state index in [-0.39, 0.29) is 11.3 Å². The third-order valence-corrected chi connectivity index (χ3v) is 2.66. The SMILES string of the molecule is CC(C)(C)CC(=O)NC1CCCCC1. The summed E-state index contributed by atoms with van der Waals surface area (Å²) in [6.07, 6.45) is 6.89.